The van der Waals surface area contributed by atoms with Gasteiger partial charge < -0.3 is 10.4 Å². The van der Waals surface area contributed by atoms with Crippen LogP contribution < -0.4 is 10.0 Å². The first-order valence-electron chi connectivity index (χ1n) is 6.58. The van der Waals surface area contributed by atoms with E-state index < -0.39 is 10.0 Å². The van der Waals surface area contributed by atoms with Crippen LogP contribution >= 0.6 is 15.9 Å². The second-order valence-corrected chi connectivity index (χ2v) is 8.24. The van der Waals surface area contributed by atoms with Crippen LogP contribution in [0.5, 0.6) is 0 Å². The Balaban J connectivity index is 1.86. The minimum absolute atomic E-state index is 0.0146. The normalized spacial score (nSPS) is 19.2. The molecule has 1 aromatic carbocycles. The van der Waals surface area contributed by atoms with E-state index in [4.69, 9.17) is 0 Å². The van der Waals surface area contributed by atoms with Gasteiger partial charge in [-0.3, -0.25) is 4.79 Å². The molecular weight excluding hydrogens is 360 g/mol. The SMILES string of the molecule is O=C1Cc2cc(S(=O)(=O)NCC3(CO)CC3)c(Br)cc2N1. The van der Waals surface area contributed by atoms with E-state index in [-0.39, 0.29) is 35.8 Å². The molecule has 0 saturated heterocycles. The molecule has 1 aliphatic heterocycles. The molecule has 0 unspecified atom stereocenters. The van der Waals surface area contributed by atoms with Gasteiger partial charge >= 0.3 is 0 Å². The Morgan fingerprint density at radius 2 is 2.10 bits per heavy atom. The standard InChI is InChI=1S/C13H15BrN2O4S/c14-9-5-10-8(4-12(18)16-10)3-11(9)21(19,20)15-6-13(7-17)1-2-13/h3,5,15,17H,1-2,4,6-7H2,(H,16,18). The predicted molar refractivity (Wildman–Crippen MR) is 80.4 cm³/mol. The van der Waals surface area contributed by atoms with E-state index in [0.717, 1.165) is 12.8 Å². The molecule has 2 aliphatic rings. The van der Waals surface area contributed by atoms with E-state index in [9.17, 15) is 18.3 Å². The molecule has 1 aliphatic carbocycles. The van der Waals surface area contributed by atoms with Crippen LogP contribution in [0.2, 0.25) is 0 Å². The van der Waals surface area contributed by atoms with Crippen molar-refractivity contribution in [2.24, 2.45) is 5.41 Å². The first kappa shape index (κ1) is 15.0. The van der Waals surface area contributed by atoms with Crippen molar-refractivity contribution >= 4 is 37.5 Å². The van der Waals surface area contributed by atoms with Crippen LogP contribution in [0.1, 0.15) is 18.4 Å². The average molecular weight is 375 g/mol. The van der Waals surface area contributed by atoms with Gasteiger partial charge in [0.25, 0.3) is 0 Å². The Morgan fingerprint density at radius 3 is 2.71 bits per heavy atom. The molecule has 8 heteroatoms. The van der Waals surface area contributed by atoms with Crippen molar-refractivity contribution < 1.29 is 18.3 Å². The van der Waals surface area contributed by atoms with Crippen molar-refractivity contribution in [1.29, 1.82) is 0 Å². The number of hydrogen-bond acceptors (Lipinski definition) is 4. The number of benzene rings is 1. The summed E-state index contributed by atoms with van der Waals surface area (Å²) in [6.07, 6.45) is 1.84. The number of carbonyl (C=O) groups is 1. The van der Waals surface area contributed by atoms with Crippen LogP contribution in [-0.4, -0.2) is 32.6 Å². The van der Waals surface area contributed by atoms with Crippen LogP contribution in [0, 0.1) is 5.41 Å². The number of rotatable bonds is 5. The summed E-state index contributed by atoms with van der Waals surface area (Å²) >= 11 is 3.24. The molecule has 21 heavy (non-hydrogen) atoms. The lowest BCUT2D eigenvalue weighted by molar-refractivity contribution is -0.115. The van der Waals surface area contributed by atoms with Crippen LogP contribution in [0.4, 0.5) is 5.69 Å². The summed E-state index contributed by atoms with van der Waals surface area (Å²) in [6.45, 7) is 0.214. The molecule has 1 aromatic rings. The monoisotopic (exact) mass is 374 g/mol. The maximum atomic E-state index is 12.4. The Bertz CT molecular complexity index is 713. The molecule has 0 radical (unpaired) electrons. The van der Waals surface area contributed by atoms with Gasteiger partial charge in [-0.25, -0.2) is 13.1 Å². The van der Waals surface area contributed by atoms with Gasteiger partial charge in [0.2, 0.25) is 15.9 Å². The Kier molecular flexibility index (Phi) is 3.59. The average Bonchev–Trinajstić information content (AvgIpc) is 3.12. The van der Waals surface area contributed by atoms with Crippen molar-refractivity contribution in [3.8, 4) is 0 Å². The summed E-state index contributed by atoms with van der Waals surface area (Å²) in [4.78, 5) is 11.5. The number of hydrogen-bond donors (Lipinski definition) is 3. The second-order valence-electron chi connectivity index (χ2n) is 5.65. The van der Waals surface area contributed by atoms with Gasteiger partial charge in [0, 0.05) is 28.7 Å². The third-order valence-electron chi connectivity index (χ3n) is 4.00. The number of aliphatic hydroxyl groups excluding tert-OH is 1. The molecular formula is C13H15BrN2O4S. The Hall–Kier alpha value is -0.960. The highest BCUT2D eigenvalue weighted by molar-refractivity contribution is 9.10. The molecule has 0 bridgehead atoms. The zero-order chi connectivity index (χ0) is 15.3. The van der Waals surface area contributed by atoms with Crippen molar-refractivity contribution in [1.82, 2.24) is 4.72 Å². The highest BCUT2D eigenvalue weighted by atomic mass is 79.9. The summed E-state index contributed by atoms with van der Waals surface area (Å²) in [5, 5.41) is 11.9. The zero-order valence-electron chi connectivity index (χ0n) is 11.1. The molecule has 1 saturated carbocycles. The number of amides is 1. The molecule has 6 nitrogen and oxygen atoms in total. The van der Waals surface area contributed by atoms with E-state index in [1.54, 1.807) is 6.07 Å². The highest BCUT2D eigenvalue weighted by Gasteiger charge is 2.42. The zero-order valence-corrected chi connectivity index (χ0v) is 13.6. The molecule has 114 valence electrons. The molecule has 0 aromatic heterocycles. The highest BCUT2D eigenvalue weighted by Crippen LogP contribution is 2.44. The third kappa shape index (κ3) is 2.85. The fourth-order valence-corrected chi connectivity index (χ4v) is 4.57. The van der Waals surface area contributed by atoms with Gasteiger partial charge in [0.05, 0.1) is 11.3 Å². The number of nitrogens with one attached hydrogen (secondary N) is 2. The molecule has 1 amide bonds. The smallest absolute Gasteiger partial charge is 0.241 e. The predicted octanol–water partition coefficient (Wildman–Crippen LogP) is 0.994. The van der Waals surface area contributed by atoms with E-state index in [2.05, 4.69) is 26.0 Å². The largest absolute Gasteiger partial charge is 0.396 e. The first-order valence-corrected chi connectivity index (χ1v) is 8.86. The van der Waals surface area contributed by atoms with Crippen LogP contribution in [0.3, 0.4) is 0 Å². The van der Waals surface area contributed by atoms with Gasteiger partial charge in [-0.1, -0.05) is 0 Å². The maximum Gasteiger partial charge on any atom is 0.241 e. The van der Waals surface area contributed by atoms with Crippen LogP contribution in [0.25, 0.3) is 0 Å². The fraction of sp³-hybridized carbons (Fsp3) is 0.462. The van der Waals surface area contributed by atoms with Crippen molar-refractivity contribution in [3.63, 3.8) is 0 Å². The van der Waals surface area contributed by atoms with E-state index in [1.165, 1.54) is 6.07 Å². The van der Waals surface area contributed by atoms with E-state index >= 15 is 0 Å². The first-order chi connectivity index (χ1) is 9.85. The van der Waals surface area contributed by atoms with Gasteiger partial charge in [-0.15, -0.1) is 0 Å². The summed E-state index contributed by atoms with van der Waals surface area (Å²) in [7, 11) is -3.68. The van der Waals surface area contributed by atoms with Gasteiger partial charge in [0.1, 0.15) is 0 Å². The lowest BCUT2D eigenvalue weighted by Gasteiger charge is -2.14. The topological polar surface area (TPSA) is 95.5 Å². The van der Waals surface area contributed by atoms with Crippen molar-refractivity contribution in [2.75, 3.05) is 18.5 Å². The molecule has 3 N–H and O–H groups in total. The number of aliphatic hydroxyl groups is 1. The number of sulfonamides is 1. The molecule has 3 rings (SSSR count). The summed E-state index contributed by atoms with van der Waals surface area (Å²) in [6, 6.07) is 3.12. The number of fused-ring (bicyclic) bond motifs is 1. The quantitative estimate of drug-likeness (QED) is 0.716. The molecule has 1 heterocycles. The lowest BCUT2D eigenvalue weighted by atomic mass is 10.1. The summed E-state index contributed by atoms with van der Waals surface area (Å²) < 4.78 is 27.7. The number of carbonyl (C=O) groups excluding carboxylic acids is 1. The van der Waals surface area contributed by atoms with Gasteiger partial charge in [-0.2, -0.15) is 0 Å². The van der Waals surface area contributed by atoms with E-state index in [0.29, 0.717) is 15.7 Å². The minimum Gasteiger partial charge on any atom is -0.396 e. The number of anilines is 1. The number of halogens is 1. The summed E-state index contributed by atoms with van der Waals surface area (Å²) in [5.41, 5.74) is 1.01. The third-order valence-corrected chi connectivity index (χ3v) is 6.36. The lowest BCUT2D eigenvalue weighted by Crippen LogP contribution is -2.32. The van der Waals surface area contributed by atoms with Gasteiger partial charge in [0.15, 0.2) is 0 Å². The van der Waals surface area contributed by atoms with Crippen LogP contribution in [-0.2, 0) is 21.2 Å². The van der Waals surface area contributed by atoms with Crippen molar-refractivity contribution in [3.05, 3.63) is 22.2 Å². The van der Waals surface area contributed by atoms with Crippen LogP contribution in [0.15, 0.2) is 21.5 Å². The molecule has 0 atom stereocenters. The molecule has 1 fully saturated rings. The van der Waals surface area contributed by atoms with Gasteiger partial charge in [-0.05, 0) is 46.5 Å². The Morgan fingerprint density at radius 1 is 1.38 bits per heavy atom. The maximum absolute atomic E-state index is 12.4. The Labute approximate surface area is 131 Å². The molecule has 0 spiro atoms. The van der Waals surface area contributed by atoms with E-state index in [1.807, 2.05) is 0 Å². The fourth-order valence-electron chi connectivity index (χ4n) is 2.32. The summed E-state index contributed by atoms with van der Waals surface area (Å²) in [5.74, 6) is -0.142. The van der Waals surface area contributed by atoms with Crippen molar-refractivity contribution in [2.45, 2.75) is 24.2 Å². The second kappa shape index (κ2) is 5.05. The minimum atomic E-state index is -3.68.